The molecule has 10 heteroatoms. The van der Waals surface area contributed by atoms with Crippen molar-refractivity contribution in [3.05, 3.63) is 69.8 Å². The van der Waals surface area contributed by atoms with Gasteiger partial charge in [-0.25, -0.2) is 8.42 Å². The van der Waals surface area contributed by atoms with Crippen LogP contribution in [0.25, 0.3) is 0 Å². The molecule has 0 saturated carbocycles. The fourth-order valence-corrected chi connectivity index (χ4v) is 4.48. The number of rotatable bonds is 6. The van der Waals surface area contributed by atoms with Gasteiger partial charge in [0.1, 0.15) is 5.56 Å². The molecule has 2 aromatic rings. The molecule has 0 atom stereocenters. The minimum absolute atomic E-state index is 0.0215. The zero-order chi connectivity index (χ0) is 21.0. The number of carbonyl (C=O) groups is 1. The van der Waals surface area contributed by atoms with Gasteiger partial charge < -0.3 is 10.2 Å². The first-order valence-corrected chi connectivity index (χ1v) is 10.5. The second-order valence-electron chi connectivity index (χ2n) is 6.81. The van der Waals surface area contributed by atoms with Gasteiger partial charge in [-0.3, -0.25) is 14.9 Å². The predicted molar refractivity (Wildman–Crippen MR) is 107 cm³/mol. The quantitative estimate of drug-likeness (QED) is 0.561. The van der Waals surface area contributed by atoms with Crippen molar-refractivity contribution in [1.82, 2.24) is 14.5 Å². The van der Waals surface area contributed by atoms with Crippen molar-refractivity contribution in [2.24, 2.45) is 0 Å². The fourth-order valence-electron chi connectivity index (χ4n) is 3.06. The van der Waals surface area contributed by atoms with Gasteiger partial charge in [-0.1, -0.05) is 24.3 Å². The van der Waals surface area contributed by atoms with Crippen LogP contribution in [0.4, 0.5) is 5.69 Å². The Balaban J connectivity index is 1.65. The molecule has 1 aliphatic rings. The van der Waals surface area contributed by atoms with Gasteiger partial charge in [0.15, 0.2) is 0 Å². The summed E-state index contributed by atoms with van der Waals surface area (Å²) in [7, 11) is -1.59. The van der Waals surface area contributed by atoms with E-state index in [1.54, 1.807) is 18.2 Å². The van der Waals surface area contributed by atoms with E-state index < -0.39 is 20.9 Å². The Morgan fingerprint density at radius 1 is 1.07 bits per heavy atom. The Bertz CT molecular complexity index is 1000. The highest BCUT2D eigenvalue weighted by molar-refractivity contribution is 7.89. The van der Waals surface area contributed by atoms with Crippen molar-refractivity contribution in [2.75, 3.05) is 33.2 Å². The van der Waals surface area contributed by atoms with Gasteiger partial charge in [0.2, 0.25) is 10.0 Å². The van der Waals surface area contributed by atoms with Crippen molar-refractivity contribution in [3.8, 4) is 0 Å². The molecule has 2 aromatic carbocycles. The lowest BCUT2D eigenvalue weighted by Gasteiger charge is -2.31. The van der Waals surface area contributed by atoms with E-state index >= 15 is 0 Å². The third-order valence-electron chi connectivity index (χ3n) is 4.82. The number of nitro benzene ring substituents is 1. The maximum absolute atomic E-state index is 12.7. The number of hydrogen-bond acceptors (Lipinski definition) is 6. The van der Waals surface area contributed by atoms with Crippen LogP contribution in [0.2, 0.25) is 0 Å². The number of nitrogens with one attached hydrogen (secondary N) is 1. The van der Waals surface area contributed by atoms with Crippen LogP contribution in [0.1, 0.15) is 15.9 Å². The van der Waals surface area contributed by atoms with Gasteiger partial charge in [-0.2, -0.15) is 4.31 Å². The smallest absolute Gasteiger partial charge is 0.282 e. The molecule has 0 spiro atoms. The average Bonchev–Trinajstić information content (AvgIpc) is 2.72. The third-order valence-corrected chi connectivity index (χ3v) is 6.73. The second kappa shape index (κ2) is 8.68. The van der Waals surface area contributed by atoms with Gasteiger partial charge in [0.25, 0.3) is 11.6 Å². The Morgan fingerprint density at radius 2 is 1.69 bits per heavy atom. The van der Waals surface area contributed by atoms with Crippen LogP contribution in [0.3, 0.4) is 0 Å². The number of nitro groups is 1. The van der Waals surface area contributed by atoms with E-state index in [9.17, 15) is 23.3 Å². The van der Waals surface area contributed by atoms with E-state index in [-0.39, 0.29) is 22.7 Å². The van der Waals surface area contributed by atoms with E-state index in [0.29, 0.717) is 31.7 Å². The highest BCUT2D eigenvalue weighted by Gasteiger charge is 2.27. The molecular weight excluding hydrogens is 396 g/mol. The molecule has 0 bridgehead atoms. The number of amides is 1. The first kappa shape index (κ1) is 20.9. The lowest BCUT2D eigenvalue weighted by Crippen LogP contribution is -2.47. The summed E-state index contributed by atoms with van der Waals surface area (Å²) in [5, 5.41) is 13.7. The van der Waals surface area contributed by atoms with Crippen LogP contribution < -0.4 is 5.32 Å². The molecular formula is C19H22N4O5S. The summed E-state index contributed by atoms with van der Waals surface area (Å²) < 4.78 is 26.9. The van der Waals surface area contributed by atoms with E-state index in [4.69, 9.17) is 0 Å². The lowest BCUT2D eigenvalue weighted by molar-refractivity contribution is -0.385. The van der Waals surface area contributed by atoms with Crippen LogP contribution >= 0.6 is 0 Å². The average molecular weight is 418 g/mol. The summed E-state index contributed by atoms with van der Waals surface area (Å²) in [4.78, 5) is 25.0. The summed E-state index contributed by atoms with van der Waals surface area (Å²) >= 11 is 0. The van der Waals surface area contributed by atoms with Crippen LogP contribution in [0.5, 0.6) is 0 Å². The van der Waals surface area contributed by atoms with Gasteiger partial charge in [0, 0.05) is 38.8 Å². The SMILES string of the molecule is CN1CCN(S(=O)(=O)c2ccc(CNC(=O)c3ccccc3[N+](=O)[O-])cc2)CC1. The number of hydrogen-bond donors (Lipinski definition) is 1. The van der Waals surface area contributed by atoms with E-state index in [2.05, 4.69) is 10.2 Å². The number of piperazine rings is 1. The minimum atomic E-state index is -3.55. The van der Waals surface area contributed by atoms with Gasteiger partial charge >= 0.3 is 0 Å². The fraction of sp³-hybridized carbons (Fsp3) is 0.316. The van der Waals surface area contributed by atoms with Gasteiger partial charge in [-0.15, -0.1) is 0 Å². The Kier molecular flexibility index (Phi) is 6.26. The first-order valence-electron chi connectivity index (χ1n) is 9.08. The van der Waals surface area contributed by atoms with Crippen molar-refractivity contribution in [2.45, 2.75) is 11.4 Å². The molecule has 0 aliphatic carbocycles. The van der Waals surface area contributed by atoms with Crippen molar-refractivity contribution in [3.63, 3.8) is 0 Å². The Morgan fingerprint density at radius 3 is 2.31 bits per heavy atom. The summed E-state index contributed by atoms with van der Waals surface area (Å²) in [5.74, 6) is -0.563. The van der Waals surface area contributed by atoms with Gasteiger partial charge in [0.05, 0.1) is 9.82 Å². The minimum Gasteiger partial charge on any atom is -0.348 e. The molecule has 1 saturated heterocycles. The third kappa shape index (κ3) is 4.78. The molecule has 1 N–H and O–H groups in total. The monoisotopic (exact) mass is 418 g/mol. The van der Waals surface area contributed by atoms with E-state index in [1.165, 1.54) is 34.6 Å². The van der Waals surface area contributed by atoms with E-state index in [1.807, 2.05) is 7.05 Å². The lowest BCUT2D eigenvalue weighted by atomic mass is 10.1. The number of nitrogens with zero attached hydrogens (tertiary/aromatic N) is 3. The maximum Gasteiger partial charge on any atom is 0.282 e. The molecule has 9 nitrogen and oxygen atoms in total. The highest BCUT2D eigenvalue weighted by Crippen LogP contribution is 2.19. The molecule has 29 heavy (non-hydrogen) atoms. The number of carbonyl (C=O) groups excluding carboxylic acids is 1. The maximum atomic E-state index is 12.7. The molecule has 0 aromatic heterocycles. The van der Waals surface area contributed by atoms with Crippen LogP contribution in [-0.4, -0.2) is 61.7 Å². The summed E-state index contributed by atoms with van der Waals surface area (Å²) in [6, 6.07) is 12.0. The molecule has 1 fully saturated rings. The van der Waals surface area contributed by atoms with Crippen LogP contribution in [-0.2, 0) is 16.6 Å². The van der Waals surface area contributed by atoms with Crippen LogP contribution in [0.15, 0.2) is 53.4 Å². The normalized spacial score (nSPS) is 15.8. The summed E-state index contributed by atoms with van der Waals surface area (Å²) in [5.41, 5.74) is 0.402. The first-order chi connectivity index (χ1) is 13.8. The number of likely N-dealkylation sites (N-methyl/N-ethyl adjacent to an activating group) is 1. The highest BCUT2D eigenvalue weighted by atomic mass is 32.2. The second-order valence-corrected chi connectivity index (χ2v) is 8.75. The predicted octanol–water partition coefficient (Wildman–Crippen LogP) is 1.46. The topological polar surface area (TPSA) is 113 Å². The molecule has 3 rings (SSSR count). The molecule has 1 heterocycles. The van der Waals surface area contributed by atoms with Gasteiger partial charge in [-0.05, 0) is 30.8 Å². The Hall–Kier alpha value is -2.82. The van der Waals surface area contributed by atoms with Crippen molar-refractivity contribution in [1.29, 1.82) is 0 Å². The molecule has 0 radical (unpaired) electrons. The van der Waals surface area contributed by atoms with Crippen molar-refractivity contribution < 1.29 is 18.1 Å². The summed E-state index contributed by atoms with van der Waals surface area (Å²) in [6.07, 6.45) is 0. The number of benzene rings is 2. The number of sulfonamides is 1. The standard InChI is InChI=1S/C19H22N4O5S/c1-21-10-12-22(13-11-21)29(27,28)16-8-6-15(7-9-16)14-20-19(24)17-4-2-3-5-18(17)23(25)26/h2-9H,10-14H2,1H3,(H,20,24). The molecule has 154 valence electrons. The van der Waals surface area contributed by atoms with E-state index in [0.717, 1.165) is 0 Å². The van der Waals surface area contributed by atoms with Crippen LogP contribution in [0, 0.1) is 10.1 Å². The van der Waals surface area contributed by atoms with Crippen molar-refractivity contribution >= 4 is 21.6 Å². The molecule has 1 amide bonds. The number of para-hydroxylation sites is 1. The summed E-state index contributed by atoms with van der Waals surface area (Å²) in [6.45, 7) is 2.41. The Labute approximate surface area is 169 Å². The largest absolute Gasteiger partial charge is 0.348 e. The zero-order valence-corrected chi connectivity index (χ0v) is 16.8. The molecule has 0 unspecified atom stereocenters. The zero-order valence-electron chi connectivity index (χ0n) is 15.9. The molecule has 1 aliphatic heterocycles.